The summed E-state index contributed by atoms with van der Waals surface area (Å²) in [5.74, 6) is 0. The number of unbranched alkanes of at least 4 members (excludes halogenated alkanes) is 7. The maximum absolute atomic E-state index is 10.8. The summed E-state index contributed by atoms with van der Waals surface area (Å²) in [7, 11) is 1.64. The number of carbonyl (C=O) groups excluding carboxylic acids is 1. The van der Waals surface area contributed by atoms with Crippen LogP contribution in [0, 0.1) is 0 Å². The Bertz CT molecular complexity index is 149. The SMILES string of the molecule is CC.CCCCCCCCCCNC(=O)NC. The van der Waals surface area contributed by atoms with Crippen LogP contribution in [-0.4, -0.2) is 19.6 Å². The first-order valence-electron chi connectivity index (χ1n) is 7.26. The summed E-state index contributed by atoms with van der Waals surface area (Å²) in [6, 6.07) is -0.0713. The topological polar surface area (TPSA) is 41.1 Å². The molecule has 0 radical (unpaired) electrons. The highest BCUT2D eigenvalue weighted by Gasteiger charge is 1.94. The third kappa shape index (κ3) is 17.9. The molecule has 0 unspecified atom stereocenters. The van der Waals surface area contributed by atoms with Gasteiger partial charge in [0.15, 0.2) is 0 Å². The Kier molecular flexibility index (Phi) is 19.4. The molecule has 0 heterocycles. The van der Waals surface area contributed by atoms with Crippen LogP contribution in [0.25, 0.3) is 0 Å². The van der Waals surface area contributed by atoms with E-state index in [4.69, 9.17) is 0 Å². The molecular weight excluding hydrogens is 212 g/mol. The smallest absolute Gasteiger partial charge is 0.314 e. The molecule has 0 aliphatic heterocycles. The van der Waals surface area contributed by atoms with Crippen LogP contribution in [-0.2, 0) is 0 Å². The van der Waals surface area contributed by atoms with Gasteiger partial charge in [-0.1, -0.05) is 65.7 Å². The minimum absolute atomic E-state index is 0.0713. The zero-order valence-electron chi connectivity index (χ0n) is 12.3. The zero-order chi connectivity index (χ0) is 13.4. The Hall–Kier alpha value is -0.730. The highest BCUT2D eigenvalue weighted by Crippen LogP contribution is 2.07. The summed E-state index contributed by atoms with van der Waals surface area (Å²) in [5, 5.41) is 5.33. The molecule has 104 valence electrons. The number of rotatable bonds is 9. The molecule has 2 amide bonds. The first kappa shape index (κ1) is 18.6. The normalized spacial score (nSPS) is 9.18. The maximum atomic E-state index is 10.8. The summed E-state index contributed by atoms with van der Waals surface area (Å²) >= 11 is 0. The van der Waals surface area contributed by atoms with Gasteiger partial charge in [-0.25, -0.2) is 4.79 Å². The van der Waals surface area contributed by atoms with Gasteiger partial charge >= 0.3 is 6.03 Å². The second kappa shape index (κ2) is 17.7. The summed E-state index contributed by atoms with van der Waals surface area (Å²) in [6.07, 6.45) is 10.4. The summed E-state index contributed by atoms with van der Waals surface area (Å²) in [5.41, 5.74) is 0. The summed E-state index contributed by atoms with van der Waals surface area (Å²) in [4.78, 5) is 10.8. The van der Waals surface area contributed by atoms with Crippen molar-refractivity contribution in [3.8, 4) is 0 Å². The van der Waals surface area contributed by atoms with E-state index in [1.807, 2.05) is 13.8 Å². The lowest BCUT2D eigenvalue weighted by Crippen LogP contribution is -2.33. The van der Waals surface area contributed by atoms with Gasteiger partial charge in [0.2, 0.25) is 0 Å². The van der Waals surface area contributed by atoms with Gasteiger partial charge in [0, 0.05) is 13.6 Å². The summed E-state index contributed by atoms with van der Waals surface area (Å²) in [6.45, 7) is 7.04. The molecule has 17 heavy (non-hydrogen) atoms. The van der Waals surface area contributed by atoms with Gasteiger partial charge in [-0.3, -0.25) is 0 Å². The quantitative estimate of drug-likeness (QED) is 0.589. The molecule has 0 aliphatic carbocycles. The molecule has 0 atom stereocenters. The van der Waals surface area contributed by atoms with E-state index in [9.17, 15) is 4.79 Å². The first-order chi connectivity index (χ1) is 8.31. The molecule has 0 bridgehead atoms. The highest BCUT2D eigenvalue weighted by molar-refractivity contribution is 5.73. The molecular formula is C14H32N2O. The predicted octanol–water partition coefficient (Wildman–Crippen LogP) is 4.08. The maximum Gasteiger partial charge on any atom is 0.314 e. The Morgan fingerprint density at radius 3 is 1.82 bits per heavy atom. The van der Waals surface area contributed by atoms with E-state index in [0.717, 1.165) is 13.0 Å². The minimum Gasteiger partial charge on any atom is -0.341 e. The second-order valence-electron chi connectivity index (χ2n) is 3.98. The van der Waals surface area contributed by atoms with Gasteiger partial charge in [-0.05, 0) is 6.42 Å². The van der Waals surface area contributed by atoms with Gasteiger partial charge in [-0.2, -0.15) is 0 Å². The molecule has 0 rings (SSSR count). The van der Waals surface area contributed by atoms with Crippen molar-refractivity contribution < 1.29 is 4.79 Å². The van der Waals surface area contributed by atoms with Crippen molar-refractivity contribution in [3.63, 3.8) is 0 Å². The van der Waals surface area contributed by atoms with Crippen LogP contribution >= 0.6 is 0 Å². The molecule has 3 heteroatoms. The fourth-order valence-electron chi connectivity index (χ4n) is 1.55. The lowest BCUT2D eigenvalue weighted by Gasteiger charge is -2.04. The zero-order valence-corrected chi connectivity index (χ0v) is 12.3. The van der Waals surface area contributed by atoms with E-state index in [-0.39, 0.29) is 6.03 Å². The van der Waals surface area contributed by atoms with E-state index in [1.165, 1.54) is 44.9 Å². The Morgan fingerprint density at radius 1 is 0.882 bits per heavy atom. The average molecular weight is 244 g/mol. The molecule has 0 spiro atoms. The van der Waals surface area contributed by atoms with Crippen LogP contribution in [0.1, 0.15) is 72.1 Å². The van der Waals surface area contributed by atoms with Crippen molar-refractivity contribution in [3.05, 3.63) is 0 Å². The molecule has 0 aromatic carbocycles. The van der Waals surface area contributed by atoms with E-state index < -0.39 is 0 Å². The molecule has 3 nitrogen and oxygen atoms in total. The fraction of sp³-hybridized carbons (Fsp3) is 0.929. The number of urea groups is 1. The van der Waals surface area contributed by atoms with Crippen molar-refractivity contribution in [1.29, 1.82) is 0 Å². The fourth-order valence-corrected chi connectivity index (χ4v) is 1.55. The van der Waals surface area contributed by atoms with E-state index in [1.54, 1.807) is 7.05 Å². The number of carbonyl (C=O) groups is 1. The highest BCUT2D eigenvalue weighted by atomic mass is 16.2. The number of amides is 2. The van der Waals surface area contributed by atoms with Crippen LogP contribution in [0.2, 0.25) is 0 Å². The monoisotopic (exact) mass is 244 g/mol. The number of hydrogen-bond acceptors (Lipinski definition) is 1. The van der Waals surface area contributed by atoms with Crippen LogP contribution in [0.15, 0.2) is 0 Å². The molecule has 0 aliphatic rings. The standard InChI is InChI=1S/C12H26N2O.C2H6/c1-3-4-5-6-7-8-9-10-11-14-12(15)13-2;1-2/h3-11H2,1-2H3,(H2,13,14,15);1-2H3. The van der Waals surface area contributed by atoms with Gasteiger partial charge in [0.25, 0.3) is 0 Å². The lowest BCUT2D eigenvalue weighted by molar-refractivity contribution is 0.242. The molecule has 0 aromatic rings. The van der Waals surface area contributed by atoms with Crippen LogP contribution in [0.5, 0.6) is 0 Å². The van der Waals surface area contributed by atoms with Gasteiger partial charge in [-0.15, -0.1) is 0 Å². The molecule has 0 saturated carbocycles. The molecule has 2 N–H and O–H groups in total. The largest absolute Gasteiger partial charge is 0.341 e. The van der Waals surface area contributed by atoms with Gasteiger partial charge in [0.05, 0.1) is 0 Å². The molecule has 0 aromatic heterocycles. The van der Waals surface area contributed by atoms with E-state index in [0.29, 0.717) is 0 Å². The Morgan fingerprint density at radius 2 is 1.35 bits per heavy atom. The van der Waals surface area contributed by atoms with E-state index >= 15 is 0 Å². The van der Waals surface area contributed by atoms with Crippen molar-refractivity contribution in [2.45, 2.75) is 72.1 Å². The number of nitrogens with one attached hydrogen (secondary N) is 2. The third-order valence-corrected chi connectivity index (χ3v) is 2.54. The van der Waals surface area contributed by atoms with Crippen LogP contribution in [0.4, 0.5) is 4.79 Å². The van der Waals surface area contributed by atoms with Gasteiger partial charge < -0.3 is 10.6 Å². The Labute approximate surface area is 108 Å². The lowest BCUT2D eigenvalue weighted by atomic mass is 10.1. The van der Waals surface area contributed by atoms with Crippen molar-refractivity contribution in [2.75, 3.05) is 13.6 Å². The minimum atomic E-state index is -0.0713. The van der Waals surface area contributed by atoms with E-state index in [2.05, 4.69) is 17.6 Å². The van der Waals surface area contributed by atoms with Crippen molar-refractivity contribution >= 4 is 6.03 Å². The van der Waals surface area contributed by atoms with Crippen molar-refractivity contribution in [2.24, 2.45) is 0 Å². The molecule has 0 fully saturated rings. The van der Waals surface area contributed by atoms with Crippen LogP contribution in [0.3, 0.4) is 0 Å². The first-order valence-corrected chi connectivity index (χ1v) is 7.26. The van der Waals surface area contributed by atoms with Crippen LogP contribution < -0.4 is 10.6 Å². The van der Waals surface area contributed by atoms with Crippen molar-refractivity contribution in [1.82, 2.24) is 10.6 Å². The molecule has 0 saturated heterocycles. The average Bonchev–Trinajstić information content (AvgIpc) is 2.39. The van der Waals surface area contributed by atoms with Gasteiger partial charge in [0.1, 0.15) is 0 Å². The Balaban J connectivity index is 0. The third-order valence-electron chi connectivity index (χ3n) is 2.54. The predicted molar refractivity (Wildman–Crippen MR) is 76.4 cm³/mol. The second-order valence-corrected chi connectivity index (χ2v) is 3.98. The number of hydrogen-bond donors (Lipinski definition) is 2. The summed E-state index contributed by atoms with van der Waals surface area (Å²) < 4.78 is 0.